The number of carbonyl (C=O) groups excluding carboxylic acids is 2. The highest BCUT2D eigenvalue weighted by molar-refractivity contribution is 6.00. The minimum Gasteiger partial charge on any atom is -0.478 e. The van der Waals surface area contributed by atoms with Crippen LogP contribution in [0.1, 0.15) is 23.0 Å². The molecule has 0 bridgehead atoms. The molecule has 1 fully saturated rings. The van der Waals surface area contributed by atoms with E-state index in [0.717, 1.165) is 0 Å². The van der Waals surface area contributed by atoms with Gasteiger partial charge in [0.05, 0.1) is 18.3 Å². The van der Waals surface area contributed by atoms with E-state index in [1.54, 1.807) is 11.8 Å². The Labute approximate surface area is 108 Å². The molecule has 19 heavy (non-hydrogen) atoms. The first-order chi connectivity index (χ1) is 8.99. The second-order valence-electron chi connectivity index (χ2n) is 4.18. The van der Waals surface area contributed by atoms with Gasteiger partial charge in [0.1, 0.15) is 11.9 Å². The first-order valence-corrected chi connectivity index (χ1v) is 5.59. The first-order valence-electron chi connectivity index (χ1n) is 5.59. The van der Waals surface area contributed by atoms with Gasteiger partial charge in [-0.15, -0.1) is 0 Å². The third-order valence-corrected chi connectivity index (χ3v) is 2.91. The van der Waals surface area contributed by atoms with E-state index in [1.165, 1.54) is 12.5 Å². The van der Waals surface area contributed by atoms with Crippen molar-refractivity contribution in [1.29, 1.82) is 0 Å². The molecular formula is C11H12N4O4. The second kappa shape index (κ2) is 5.11. The maximum absolute atomic E-state index is 11.5. The number of nitrogens with zero attached hydrogens (tertiary/aromatic N) is 3. The lowest BCUT2D eigenvalue weighted by Crippen LogP contribution is -2.56. The number of nitrogens with one attached hydrogen (secondary N) is 1. The summed E-state index contributed by atoms with van der Waals surface area (Å²) < 4.78 is 0. The Balaban J connectivity index is 2.23. The molecule has 2 amide bonds. The number of rotatable bonds is 3. The number of imide groups is 1. The van der Waals surface area contributed by atoms with E-state index in [9.17, 15) is 14.4 Å². The van der Waals surface area contributed by atoms with Crippen molar-refractivity contribution in [3.63, 3.8) is 0 Å². The van der Waals surface area contributed by atoms with Gasteiger partial charge in [-0.3, -0.25) is 19.8 Å². The zero-order chi connectivity index (χ0) is 14.0. The Morgan fingerprint density at radius 2 is 2.32 bits per heavy atom. The summed E-state index contributed by atoms with van der Waals surface area (Å²) in [5, 5.41) is 11.2. The van der Waals surface area contributed by atoms with Crippen LogP contribution in [0.15, 0.2) is 12.5 Å². The second-order valence-corrected chi connectivity index (χ2v) is 4.18. The van der Waals surface area contributed by atoms with Crippen molar-refractivity contribution >= 4 is 17.8 Å². The molecule has 8 heteroatoms. The molecule has 0 aromatic carbocycles. The molecule has 1 atom stereocenters. The van der Waals surface area contributed by atoms with Gasteiger partial charge in [0.25, 0.3) is 0 Å². The number of amides is 2. The van der Waals surface area contributed by atoms with Gasteiger partial charge in [0, 0.05) is 12.7 Å². The average Bonchev–Trinajstić information content (AvgIpc) is 2.35. The average molecular weight is 264 g/mol. The maximum atomic E-state index is 11.5. The van der Waals surface area contributed by atoms with Crippen molar-refractivity contribution in [2.45, 2.75) is 19.5 Å². The van der Waals surface area contributed by atoms with Gasteiger partial charge >= 0.3 is 5.97 Å². The normalized spacial score (nSPS) is 20.2. The maximum Gasteiger partial charge on any atom is 0.339 e. The molecule has 1 aliphatic heterocycles. The molecule has 0 aliphatic carbocycles. The van der Waals surface area contributed by atoms with Crippen LogP contribution >= 0.6 is 0 Å². The Kier molecular flexibility index (Phi) is 3.52. The minimum atomic E-state index is -1.14. The monoisotopic (exact) mass is 264 g/mol. The number of hydrogen-bond donors (Lipinski definition) is 2. The summed E-state index contributed by atoms with van der Waals surface area (Å²) in [6.45, 7) is 1.77. The van der Waals surface area contributed by atoms with Crippen LogP contribution in [0.4, 0.5) is 0 Å². The van der Waals surface area contributed by atoms with E-state index in [0.29, 0.717) is 0 Å². The molecule has 100 valence electrons. The third kappa shape index (κ3) is 2.74. The highest BCUT2D eigenvalue weighted by atomic mass is 16.4. The van der Waals surface area contributed by atoms with Crippen LogP contribution in [-0.4, -0.2) is 50.3 Å². The van der Waals surface area contributed by atoms with Crippen LogP contribution in [0.25, 0.3) is 0 Å². The zero-order valence-corrected chi connectivity index (χ0v) is 10.2. The molecule has 1 aromatic rings. The van der Waals surface area contributed by atoms with Crippen molar-refractivity contribution in [1.82, 2.24) is 20.2 Å². The summed E-state index contributed by atoms with van der Waals surface area (Å²) in [6.07, 6.45) is 2.43. The number of piperazine rings is 1. The van der Waals surface area contributed by atoms with Crippen molar-refractivity contribution < 1.29 is 19.5 Å². The molecule has 0 saturated carbocycles. The highest BCUT2D eigenvalue weighted by Gasteiger charge is 2.31. The van der Waals surface area contributed by atoms with E-state index in [1.807, 2.05) is 0 Å². The van der Waals surface area contributed by atoms with Crippen LogP contribution in [0.5, 0.6) is 0 Å². The van der Waals surface area contributed by atoms with Gasteiger partial charge in [-0.05, 0) is 6.92 Å². The molecule has 1 unspecified atom stereocenters. The largest absolute Gasteiger partial charge is 0.478 e. The van der Waals surface area contributed by atoms with Crippen molar-refractivity contribution in [2.75, 3.05) is 6.54 Å². The van der Waals surface area contributed by atoms with Gasteiger partial charge in [0.15, 0.2) is 0 Å². The van der Waals surface area contributed by atoms with Crippen molar-refractivity contribution in [2.24, 2.45) is 0 Å². The highest BCUT2D eigenvalue weighted by Crippen LogP contribution is 2.12. The Morgan fingerprint density at radius 1 is 1.58 bits per heavy atom. The summed E-state index contributed by atoms with van der Waals surface area (Å²) in [4.78, 5) is 43.0. The Morgan fingerprint density at radius 3 is 3.00 bits per heavy atom. The molecule has 8 nitrogen and oxygen atoms in total. The number of aromatic nitrogens is 2. The number of carboxylic acid groups (broad SMARTS) is 1. The van der Waals surface area contributed by atoms with Crippen LogP contribution < -0.4 is 5.32 Å². The lowest BCUT2D eigenvalue weighted by Gasteiger charge is -2.31. The Bertz CT molecular complexity index is 545. The van der Waals surface area contributed by atoms with E-state index in [4.69, 9.17) is 5.11 Å². The fraction of sp³-hybridized carbons (Fsp3) is 0.364. The topological polar surface area (TPSA) is 112 Å². The molecule has 1 saturated heterocycles. The summed E-state index contributed by atoms with van der Waals surface area (Å²) >= 11 is 0. The van der Waals surface area contributed by atoms with Gasteiger partial charge < -0.3 is 5.11 Å². The predicted octanol–water partition coefficient (Wildman–Crippen LogP) is -0.978. The zero-order valence-electron chi connectivity index (χ0n) is 10.2. The molecule has 0 spiro atoms. The molecule has 0 radical (unpaired) electrons. The number of hydrogen-bond acceptors (Lipinski definition) is 6. The van der Waals surface area contributed by atoms with Gasteiger partial charge in [-0.2, -0.15) is 0 Å². The standard InChI is InChI=1S/C11H12N4O4/c1-6-10(17)14-9(16)4-15(6)3-8-7(11(18)19)2-12-5-13-8/h2,5-6H,3-4H2,1H3,(H,18,19)(H,14,16,17). The number of carboxylic acids is 1. The summed E-state index contributed by atoms with van der Waals surface area (Å²) in [5.74, 6) is -1.95. The summed E-state index contributed by atoms with van der Waals surface area (Å²) in [7, 11) is 0. The van der Waals surface area contributed by atoms with Gasteiger partial charge in [0.2, 0.25) is 11.8 Å². The lowest BCUT2D eigenvalue weighted by atomic mass is 10.1. The van der Waals surface area contributed by atoms with Crippen LogP contribution in [0.2, 0.25) is 0 Å². The summed E-state index contributed by atoms with van der Waals surface area (Å²) in [5.41, 5.74) is 0.241. The third-order valence-electron chi connectivity index (χ3n) is 2.91. The molecule has 2 heterocycles. The SMILES string of the molecule is CC1C(=O)NC(=O)CN1Cc1ncncc1C(=O)O. The van der Waals surface area contributed by atoms with E-state index >= 15 is 0 Å². The Hall–Kier alpha value is -2.35. The predicted molar refractivity (Wildman–Crippen MR) is 62.0 cm³/mol. The molecule has 1 aliphatic rings. The van der Waals surface area contributed by atoms with Crippen LogP contribution in [0, 0.1) is 0 Å². The molecule has 1 aromatic heterocycles. The molecular weight excluding hydrogens is 252 g/mol. The first kappa shape index (κ1) is 13.1. The molecule has 2 rings (SSSR count). The van der Waals surface area contributed by atoms with Crippen molar-refractivity contribution in [3.8, 4) is 0 Å². The summed E-state index contributed by atoms with van der Waals surface area (Å²) in [6, 6.07) is -0.519. The van der Waals surface area contributed by atoms with Gasteiger partial charge in [-0.1, -0.05) is 0 Å². The van der Waals surface area contributed by atoms with Crippen molar-refractivity contribution in [3.05, 3.63) is 23.8 Å². The number of carbonyl (C=O) groups is 3. The smallest absolute Gasteiger partial charge is 0.339 e. The van der Waals surface area contributed by atoms with Crippen LogP contribution in [0.3, 0.4) is 0 Å². The van der Waals surface area contributed by atoms with Gasteiger partial charge in [-0.25, -0.2) is 14.8 Å². The quantitative estimate of drug-likeness (QED) is 0.675. The fourth-order valence-electron chi connectivity index (χ4n) is 1.81. The molecule has 2 N–H and O–H groups in total. The van der Waals surface area contributed by atoms with Crippen LogP contribution in [-0.2, 0) is 16.1 Å². The lowest BCUT2D eigenvalue weighted by molar-refractivity contribution is -0.139. The number of aromatic carboxylic acids is 1. The van der Waals surface area contributed by atoms with E-state index in [-0.39, 0.29) is 24.3 Å². The van der Waals surface area contributed by atoms with E-state index in [2.05, 4.69) is 15.3 Å². The van der Waals surface area contributed by atoms with E-state index < -0.39 is 23.8 Å². The fourth-order valence-corrected chi connectivity index (χ4v) is 1.81. The minimum absolute atomic E-state index is 0.0238.